The Bertz CT molecular complexity index is 379. The first kappa shape index (κ1) is 9.89. The van der Waals surface area contributed by atoms with E-state index < -0.39 is 17.7 Å². The van der Waals surface area contributed by atoms with Gasteiger partial charge in [-0.1, -0.05) is 0 Å². The summed E-state index contributed by atoms with van der Waals surface area (Å²) in [5.41, 5.74) is 0.0283. The summed E-state index contributed by atoms with van der Waals surface area (Å²) < 4.78 is 25.8. The molecule has 0 saturated carbocycles. The molecular weight excluding hydrogens is 204 g/mol. The molecule has 0 spiro atoms. The lowest BCUT2D eigenvalue weighted by molar-refractivity contribution is 0.111. The molecule has 0 radical (unpaired) electrons. The third-order valence-corrected chi connectivity index (χ3v) is 2.41. The van der Waals surface area contributed by atoms with Crippen molar-refractivity contribution in [2.24, 2.45) is 0 Å². The molecule has 1 aromatic carbocycles. The fourth-order valence-corrected chi connectivity index (χ4v) is 1.52. The molecule has 0 atom stereocenters. The number of hydrogen-bond donors (Lipinski definition) is 1. The number of aromatic hydroxyl groups is 1. The minimum absolute atomic E-state index is 0.194. The van der Waals surface area contributed by atoms with E-state index in [-0.39, 0.29) is 24.9 Å². The Morgan fingerprint density at radius 1 is 1.47 bits per heavy atom. The molecule has 1 N–H and O–H groups in total. The zero-order valence-electron chi connectivity index (χ0n) is 7.78. The molecule has 15 heavy (non-hydrogen) atoms. The quantitative estimate of drug-likeness (QED) is 0.757. The summed E-state index contributed by atoms with van der Waals surface area (Å²) in [6, 6.07) is 2.38. The maximum atomic E-state index is 13.2. The highest BCUT2D eigenvalue weighted by atomic mass is 19.1. The van der Waals surface area contributed by atoms with Gasteiger partial charge in [0, 0.05) is 11.8 Å². The number of halogens is 2. The lowest BCUT2D eigenvalue weighted by atomic mass is 10.1. The summed E-state index contributed by atoms with van der Waals surface area (Å²) in [5, 5.41) is 9.31. The van der Waals surface area contributed by atoms with Crippen LogP contribution in [0.15, 0.2) is 12.1 Å². The third kappa shape index (κ3) is 1.65. The summed E-state index contributed by atoms with van der Waals surface area (Å²) in [6.45, 7) is 0.388. The van der Waals surface area contributed by atoms with Crippen molar-refractivity contribution in [1.82, 2.24) is 0 Å². The second kappa shape index (κ2) is 3.49. The summed E-state index contributed by atoms with van der Waals surface area (Å²) in [6.07, 6.45) is -0.649. The number of carbonyl (C=O) groups excluding carboxylic acids is 1. The van der Waals surface area contributed by atoms with Crippen LogP contribution in [0, 0.1) is 5.82 Å². The van der Waals surface area contributed by atoms with Gasteiger partial charge in [-0.2, -0.15) is 0 Å². The average Bonchev–Trinajstić information content (AvgIpc) is 2.12. The van der Waals surface area contributed by atoms with Crippen molar-refractivity contribution in [1.29, 1.82) is 0 Å². The van der Waals surface area contributed by atoms with Gasteiger partial charge in [-0.15, -0.1) is 0 Å². The number of nitrogens with zero attached hydrogens (tertiary/aromatic N) is 1. The summed E-state index contributed by atoms with van der Waals surface area (Å²) in [5.74, 6) is -1.20. The molecule has 0 bridgehead atoms. The number of rotatable bonds is 2. The van der Waals surface area contributed by atoms with E-state index in [1.807, 2.05) is 0 Å². The van der Waals surface area contributed by atoms with E-state index in [0.29, 0.717) is 5.69 Å². The zero-order chi connectivity index (χ0) is 11.0. The van der Waals surface area contributed by atoms with Gasteiger partial charge in [0.05, 0.1) is 18.7 Å². The molecule has 0 aromatic heterocycles. The van der Waals surface area contributed by atoms with Crippen LogP contribution in [-0.4, -0.2) is 30.7 Å². The Morgan fingerprint density at radius 3 is 2.60 bits per heavy atom. The van der Waals surface area contributed by atoms with Gasteiger partial charge < -0.3 is 10.0 Å². The number of phenolic OH excluding ortho intramolecular Hbond substituents is 1. The first-order valence-electron chi connectivity index (χ1n) is 4.48. The highest BCUT2D eigenvalue weighted by Crippen LogP contribution is 2.29. The molecule has 1 saturated heterocycles. The first-order valence-corrected chi connectivity index (χ1v) is 4.48. The molecule has 1 aliphatic rings. The number of phenols is 1. The van der Waals surface area contributed by atoms with Gasteiger partial charge in [-0.25, -0.2) is 8.78 Å². The molecule has 2 rings (SSSR count). The Kier molecular flexibility index (Phi) is 2.30. The molecule has 5 heteroatoms. The monoisotopic (exact) mass is 213 g/mol. The number of carbonyl (C=O) groups is 1. The smallest absolute Gasteiger partial charge is 0.156 e. The molecule has 0 amide bonds. The van der Waals surface area contributed by atoms with Crippen LogP contribution in [0.5, 0.6) is 5.75 Å². The van der Waals surface area contributed by atoms with E-state index >= 15 is 0 Å². The maximum Gasteiger partial charge on any atom is 0.156 e. The maximum absolute atomic E-state index is 13.2. The molecule has 1 heterocycles. The zero-order valence-corrected chi connectivity index (χ0v) is 7.78. The molecule has 1 aromatic rings. The van der Waals surface area contributed by atoms with Crippen LogP contribution in [0.1, 0.15) is 10.4 Å². The summed E-state index contributed by atoms with van der Waals surface area (Å²) in [4.78, 5) is 12.0. The standard InChI is InChI=1S/C10H9F2NO2/c11-6-3-13(4-6)7-1-9(12)8(5-14)10(15)2-7/h1-2,5-6,15H,3-4H2. The van der Waals surface area contributed by atoms with Crippen LogP contribution < -0.4 is 4.90 Å². The third-order valence-electron chi connectivity index (χ3n) is 2.41. The first-order chi connectivity index (χ1) is 7.11. The Hall–Kier alpha value is -1.65. The highest BCUT2D eigenvalue weighted by Gasteiger charge is 2.27. The molecular formula is C10H9F2NO2. The summed E-state index contributed by atoms with van der Waals surface area (Å²) >= 11 is 0. The fraction of sp³-hybridized carbons (Fsp3) is 0.300. The van der Waals surface area contributed by atoms with Crippen LogP contribution >= 0.6 is 0 Å². The van der Waals surface area contributed by atoms with Crippen molar-refractivity contribution in [2.45, 2.75) is 6.17 Å². The van der Waals surface area contributed by atoms with Gasteiger partial charge in [-0.3, -0.25) is 4.79 Å². The second-order valence-electron chi connectivity index (χ2n) is 3.48. The van der Waals surface area contributed by atoms with E-state index in [9.17, 15) is 18.7 Å². The van der Waals surface area contributed by atoms with E-state index in [1.54, 1.807) is 4.90 Å². The van der Waals surface area contributed by atoms with Crippen molar-refractivity contribution in [3.63, 3.8) is 0 Å². The normalized spacial score (nSPS) is 16.3. The van der Waals surface area contributed by atoms with Gasteiger partial charge in [-0.05, 0) is 6.07 Å². The number of alkyl halides is 1. The van der Waals surface area contributed by atoms with Gasteiger partial charge >= 0.3 is 0 Å². The van der Waals surface area contributed by atoms with Gasteiger partial charge in [0.15, 0.2) is 6.29 Å². The number of aldehydes is 1. The Balaban J connectivity index is 2.31. The minimum Gasteiger partial charge on any atom is -0.507 e. The fourth-order valence-electron chi connectivity index (χ4n) is 1.52. The van der Waals surface area contributed by atoms with E-state index in [1.165, 1.54) is 6.07 Å². The number of benzene rings is 1. The molecule has 0 aliphatic carbocycles. The van der Waals surface area contributed by atoms with Crippen LogP contribution in [0.4, 0.5) is 14.5 Å². The van der Waals surface area contributed by atoms with E-state index in [0.717, 1.165) is 6.07 Å². The molecule has 0 unspecified atom stereocenters. The SMILES string of the molecule is O=Cc1c(O)cc(N2CC(F)C2)cc1F. The lowest BCUT2D eigenvalue weighted by Gasteiger charge is -2.36. The molecule has 80 valence electrons. The Labute approximate surface area is 84.9 Å². The van der Waals surface area contributed by atoms with Gasteiger partial charge in [0.25, 0.3) is 0 Å². The average molecular weight is 213 g/mol. The van der Waals surface area contributed by atoms with E-state index in [2.05, 4.69) is 0 Å². The second-order valence-corrected chi connectivity index (χ2v) is 3.48. The number of hydrogen-bond acceptors (Lipinski definition) is 3. The number of anilines is 1. The van der Waals surface area contributed by atoms with Gasteiger partial charge in [0.1, 0.15) is 17.7 Å². The topological polar surface area (TPSA) is 40.5 Å². The Morgan fingerprint density at radius 2 is 2.13 bits per heavy atom. The van der Waals surface area contributed by atoms with Crippen molar-refractivity contribution in [2.75, 3.05) is 18.0 Å². The highest BCUT2D eigenvalue weighted by molar-refractivity contribution is 5.81. The molecule has 1 aliphatic heterocycles. The predicted molar refractivity (Wildman–Crippen MR) is 50.6 cm³/mol. The van der Waals surface area contributed by atoms with Crippen molar-refractivity contribution in [3.05, 3.63) is 23.5 Å². The van der Waals surface area contributed by atoms with Crippen molar-refractivity contribution < 1.29 is 18.7 Å². The lowest BCUT2D eigenvalue weighted by Crippen LogP contribution is -2.48. The van der Waals surface area contributed by atoms with Crippen molar-refractivity contribution in [3.8, 4) is 5.75 Å². The van der Waals surface area contributed by atoms with Crippen LogP contribution in [0.3, 0.4) is 0 Å². The van der Waals surface area contributed by atoms with Crippen LogP contribution in [0.2, 0.25) is 0 Å². The largest absolute Gasteiger partial charge is 0.507 e. The summed E-state index contributed by atoms with van der Waals surface area (Å²) in [7, 11) is 0. The molecule has 3 nitrogen and oxygen atoms in total. The van der Waals surface area contributed by atoms with Crippen molar-refractivity contribution >= 4 is 12.0 Å². The predicted octanol–water partition coefficient (Wildman–Crippen LogP) is 1.50. The molecule has 1 fully saturated rings. The van der Waals surface area contributed by atoms with Crippen LogP contribution in [-0.2, 0) is 0 Å². The van der Waals surface area contributed by atoms with E-state index in [4.69, 9.17) is 0 Å². The van der Waals surface area contributed by atoms with Crippen LogP contribution in [0.25, 0.3) is 0 Å². The van der Waals surface area contributed by atoms with Gasteiger partial charge in [0.2, 0.25) is 0 Å². The minimum atomic E-state index is -0.902.